The maximum atomic E-state index is 12.7. The van der Waals surface area contributed by atoms with E-state index >= 15 is 0 Å². The number of amides is 1. The molecule has 1 amide bonds. The minimum atomic E-state index is -0.0748. The topological polar surface area (TPSA) is 56.1 Å². The lowest BCUT2D eigenvalue weighted by Gasteiger charge is -2.12. The number of carbonyl (C=O) groups excluding carboxylic acids is 1. The molecule has 0 fully saturated rings. The number of para-hydroxylation sites is 2. The van der Waals surface area contributed by atoms with Gasteiger partial charge in [-0.25, -0.2) is 4.98 Å². The van der Waals surface area contributed by atoms with E-state index in [-0.39, 0.29) is 5.91 Å². The largest absolute Gasteiger partial charge is 0.494 e. The van der Waals surface area contributed by atoms with Crippen LogP contribution >= 0.6 is 0 Å². The number of imidazole rings is 1. The summed E-state index contributed by atoms with van der Waals surface area (Å²) in [6.45, 7) is 6.00. The fourth-order valence-corrected chi connectivity index (χ4v) is 3.98. The average Bonchev–Trinajstić information content (AvgIpc) is 3.20. The second-order valence-electron chi connectivity index (χ2n) is 8.22. The molecule has 170 valence electrons. The van der Waals surface area contributed by atoms with E-state index in [0.29, 0.717) is 18.7 Å². The number of unbranched alkanes of at least 4 members (excludes halogenated alkanes) is 1. The molecule has 0 saturated carbocycles. The number of rotatable bonds is 10. The molecule has 5 heteroatoms. The Hall–Kier alpha value is -3.60. The number of aromatic nitrogens is 2. The lowest BCUT2D eigenvalue weighted by molar-refractivity contribution is 0.0949. The SMILES string of the molecule is CCc1ccc(OCCCCn2c(CNC(=O)c3ccccc3C)nc3ccccc32)cc1. The van der Waals surface area contributed by atoms with Crippen molar-refractivity contribution in [3.63, 3.8) is 0 Å². The number of nitrogens with one attached hydrogen (secondary N) is 1. The second kappa shape index (κ2) is 10.8. The van der Waals surface area contributed by atoms with E-state index in [0.717, 1.165) is 54.0 Å². The molecule has 33 heavy (non-hydrogen) atoms. The van der Waals surface area contributed by atoms with Crippen LogP contribution < -0.4 is 10.1 Å². The van der Waals surface area contributed by atoms with Gasteiger partial charge in [0.25, 0.3) is 5.91 Å². The van der Waals surface area contributed by atoms with Gasteiger partial charge in [0.05, 0.1) is 24.2 Å². The van der Waals surface area contributed by atoms with E-state index in [2.05, 4.69) is 35.0 Å². The third kappa shape index (κ3) is 5.61. The molecule has 0 aliphatic heterocycles. The fraction of sp³-hybridized carbons (Fsp3) is 0.286. The Morgan fingerprint density at radius 3 is 2.52 bits per heavy atom. The Morgan fingerprint density at radius 2 is 1.73 bits per heavy atom. The Labute approximate surface area is 195 Å². The van der Waals surface area contributed by atoms with Gasteiger partial charge in [-0.2, -0.15) is 0 Å². The molecule has 1 heterocycles. The third-order valence-electron chi connectivity index (χ3n) is 5.91. The van der Waals surface area contributed by atoms with Crippen LogP contribution in [0.4, 0.5) is 0 Å². The molecule has 0 atom stereocenters. The van der Waals surface area contributed by atoms with Gasteiger partial charge in [-0.05, 0) is 67.6 Å². The number of carbonyl (C=O) groups is 1. The lowest BCUT2D eigenvalue weighted by atomic mass is 10.1. The highest BCUT2D eigenvalue weighted by molar-refractivity contribution is 5.95. The van der Waals surface area contributed by atoms with Crippen LogP contribution in [0, 0.1) is 6.92 Å². The number of aryl methyl sites for hydroxylation is 3. The summed E-state index contributed by atoms with van der Waals surface area (Å²) in [6.07, 6.45) is 2.94. The molecular formula is C28H31N3O2. The lowest BCUT2D eigenvalue weighted by Crippen LogP contribution is -2.25. The van der Waals surface area contributed by atoms with Crippen LogP contribution in [0.1, 0.15) is 47.1 Å². The molecule has 1 aromatic heterocycles. The molecule has 3 aromatic carbocycles. The number of fused-ring (bicyclic) bond motifs is 1. The summed E-state index contributed by atoms with van der Waals surface area (Å²) in [5.74, 6) is 1.71. The van der Waals surface area contributed by atoms with Crippen LogP contribution in [0.25, 0.3) is 11.0 Å². The van der Waals surface area contributed by atoms with Gasteiger partial charge < -0.3 is 14.6 Å². The normalized spacial score (nSPS) is 11.0. The van der Waals surface area contributed by atoms with Crippen LogP contribution in [0.5, 0.6) is 5.75 Å². The van der Waals surface area contributed by atoms with Crippen LogP contribution in [0.15, 0.2) is 72.8 Å². The maximum Gasteiger partial charge on any atom is 0.251 e. The van der Waals surface area contributed by atoms with Crippen molar-refractivity contribution in [2.45, 2.75) is 46.2 Å². The van der Waals surface area contributed by atoms with Crippen molar-refractivity contribution in [2.75, 3.05) is 6.61 Å². The van der Waals surface area contributed by atoms with Crippen molar-refractivity contribution in [3.8, 4) is 5.75 Å². The van der Waals surface area contributed by atoms with Gasteiger partial charge in [0.2, 0.25) is 0 Å². The first kappa shape index (κ1) is 22.6. The van der Waals surface area contributed by atoms with E-state index in [9.17, 15) is 4.79 Å². The molecule has 4 rings (SSSR count). The summed E-state index contributed by atoms with van der Waals surface area (Å²) < 4.78 is 8.11. The number of benzene rings is 3. The van der Waals surface area contributed by atoms with E-state index in [4.69, 9.17) is 9.72 Å². The molecule has 0 unspecified atom stereocenters. The Balaban J connectivity index is 1.36. The molecule has 0 aliphatic rings. The highest BCUT2D eigenvalue weighted by Crippen LogP contribution is 2.18. The summed E-state index contributed by atoms with van der Waals surface area (Å²) >= 11 is 0. The first-order valence-electron chi connectivity index (χ1n) is 11.7. The van der Waals surface area contributed by atoms with E-state index in [1.54, 1.807) is 0 Å². The van der Waals surface area contributed by atoms with Crippen molar-refractivity contribution in [1.82, 2.24) is 14.9 Å². The second-order valence-corrected chi connectivity index (χ2v) is 8.22. The molecule has 1 N–H and O–H groups in total. The van der Waals surface area contributed by atoms with Gasteiger partial charge in [0.15, 0.2) is 0 Å². The zero-order chi connectivity index (χ0) is 23.0. The minimum Gasteiger partial charge on any atom is -0.494 e. The zero-order valence-corrected chi connectivity index (χ0v) is 19.4. The van der Waals surface area contributed by atoms with Gasteiger partial charge in [0.1, 0.15) is 11.6 Å². The molecule has 5 nitrogen and oxygen atoms in total. The van der Waals surface area contributed by atoms with Crippen LogP contribution in [0.3, 0.4) is 0 Å². The van der Waals surface area contributed by atoms with Crippen LogP contribution in [-0.4, -0.2) is 22.1 Å². The molecular weight excluding hydrogens is 410 g/mol. The summed E-state index contributed by atoms with van der Waals surface area (Å²) in [7, 11) is 0. The summed E-state index contributed by atoms with van der Waals surface area (Å²) in [4.78, 5) is 17.5. The first-order valence-corrected chi connectivity index (χ1v) is 11.7. The van der Waals surface area contributed by atoms with Crippen molar-refractivity contribution in [2.24, 2.45) is 0 Å². The fourth-order valence-electron chi connectivity index (χ4n) is 3.98. The maximum absolute atomic E-state index is 12.7. The number of hydrogen-bond donors (Lipinski definition) is 1. The predicted molar refractivity (Wildman–Crippen MR) is 133 cm³/mol. The van der Waals surface area contributed by atoms with Gasteiger partial charge in [0, 0.05) is 12.1 Å². The van der Waals surface area contributed by atoms with Gasteiger partial charge >= 0.3 is 0 Å². The van der Waals surface area contributed by atoms with E-state index < -0.39 is 0 Å². The number of ether oxygens (including phenoxy) is 1. The highest BCUT2D eigenvalue weighted by atomic mass is 16.5. The molecule has 0 saturated heterocycles. The number of nitrogens with zero attached hydrogens (tertiary/aromatic N) is 2. The Bertz CT molecular complexity index is 1210. The smallest absolute Gasteiger partial charge is 0.251 e. The van der Waals surface area contributed by atoms with Crippen molar-refractivity contribution in [1.29, 1.82) is 0 Å². The van der Waals surface area contributed by atoms with Crippen molar-refractivity contribution >= 4 is 16.9 Å². The van der Waals surface area contributed by atoms with Gasteiger partial charge in [-0.15, -0.1) is 0 Å². The monoisotopic (exact) mass is 441 g/mol. The third-order valence-corrected chi connectivity index (χ3v) is 5.91. The molecule has 4 aromatic rings. The standard InChI is InChI=1S/C28H31N3O2/c1-3-22-14-16-23(17-15-22)33-19-9-8-18-31-26-13-7-6-12-25(26)30-27(31)20-29-28(32)24-11-5-4-10-21(24)2/h4-7,10-17H,3,8-9,18-20H2,1-2H3,(H,29,32). The Kier molecular flexibility index (Phi) is 7.40. The molecule has 0 radical (unpaired) electrons. The van der Waals surface area contributed by atoms with E-state index in [1.165, 1.54) is 5.56 Å². The van der Waals surface area contributed by atoms with Crippen LogP contribution in [-0.2, 0) is 19.5 Å². The average molecular weight is 442 g/mol. The quantitative estimate of drug-likeness (QED) is 0.321. The van der Waals surface area contributed by atoms with Gasteiger partial charge in [-0.1, -0.05) is 49.4 Å². The van der Waals surface area contributed by atoms with Crippen molar-refractivity contribution in [3.05, 3.63) is 95.3 Å². The summed E-state index contributed by atoms with van der Waals surface area (Å²) in [6, 6.07) is 24.1. The van der Waals surface area contributed by atoms with Gasteiger partial charge in [-0.3, -0.25) is 4.79 Å². The molecule has 0 bridgehead atoms. The first-order chi connectivity index (χ1) is 16.2. The van der Waals surface area contributed by atoms with Crippen molar-refractivity contribution < 1.29 is 9.53 Å². The summed E-state index contributed by atoms with van der Waals surface area (Å²) in [5, 5.41) is 3.04. The Morgan fingerprint density at radius 1 is 0.970 bits per heavy atom. The predicted octanol–water partition coefficient (Wildman–Crippen LogP) is 5.70. The zero-order valence-electron chi connectivity index (χ0n) is 19.4. The molecule has 0 aliphatic carbocycles. The summed E-state index contributed by atoms with van der Waals surface area (Å²) in [5.41, 5.74) is 5.02. The molecule has 0 spiro atoms. The van der Waals surface area contributed by atoms with E-state index in [1.807, 2.05) is 61.5 Å². The minimum absolute atomic E-state index is 0.0748. The number of hydrogen-bond acceptors (Lipinski definition) is 3. The highest BCUT2D eigenvalue weighted by Gasteiger charge is 2.13. The van der Waals surface area contributed by atoms with Crippen LogP contribution in [0.2, 0.25) is 0 Å².